The molecule has 0 bridgehead atoms. The van der Waals surface area contributed by atoms with Crippen LogP contribution in [0.2, 0.25) is 0 Å². The monoisotopic (exact) mass is 603 g/mol. The number of aromatic carboxylic acids is 1. The van der Waals surface area contributed by atoms with Gasteiger partial charge in [0.05, 0.1) is 59.4 Å². The Kier molecular flexibility index (Phi) is 7.36. The molecule has 0 aliphatic carbocycles. The lowest BCUT2D eigenvalue weighted by Gasteiger charge is -2.29. The normalized spacial score (nSPS) is 17.2. The van der Waals surface area contributed by atoms with Gasteiger partial charge in [-0.05, 0) is 74.7 Å². The lowest BCUT2D eigenvalue weighted by molar-refractivity contribution is -0.0591. The Morgan fingerprint density at radius 1 is 1.18 bits per heavy atom. The standard InChI is InChI=1S/C35H33N5O5/c1-35(2,27-8-6-24(19-36)26-13-17-44-33(26)27)45-32-5-3-4-28(38-32)22-10-14-39(15-11-22)21-31-37-29-9-7-23(34(41)42)18-30(29)40(31)20-25-12-16-43-25/h3-10,13,17-18,25H,11-12,14-16,20-21H2,1-2H3,(H,41,42)/t25-/m0/s1. The van der Waals surface area contributed by atoms with E-state index in [4.69, 9.17) is 23.9 Å². The number of fused-ring (bicyclic) bond motifs is 2. The highest BCUT2D eigenvalue weighted by molar-refractivity contribution is 5.92. The summed E-state index contributed by atoms with van der Waals surface area (Å²) in [6.45, 7) is 7.56. The van der Waals surface area contributed by atoms with Gasteiger partial charge in [0, 0.05) is 36.7 Å². The molecule has 0 spiro atoms. The van der Waals surface area contributed by atoms with E-state index in [2.05, 4.69) is 21.6 Å². The molecule has 1 saturated heterocycles. The Labute approximate surface area is 260 Å². The highest BCUT2D eigenvalue weighted by Gasteiger charge is 2.29. The fraction of sp³-hybridized carbons (Fsp3) is 0.314. The summed E-state index contributed by atoms with van der Waals surface area (Å²) in [5.74, 6) is 0.470. The molecule has 5 aromatic rings. The van der Waals surface area contributed by atoms with Crippen molar-refractivity contribution in [3.63, 3.8) is 0 Å². The van der Waals surface area contributed by atoms with Gasteiger partial charge < -0.3 is 23.6 Å². The summed E-state index contributed by atoms with van der Waals surface area (Å²) in [4.78, 5) is 23.7. The summed E-state index contributed by atoms with van der Waals surface area (Å²) in [6, 6.07) is 18.6. The van der Waals surface area contributed by atoms with Gasteiger partial charge in [0.2, 0.25) is 5.88 Å². The number of aromatic nitrogens is 3. The molecule has 2 aromatic carbocycles. The summed E-state index contributed by atoms with van der Waals surface area (Å²) < 4.78 is 20.0. The summed E-state index contributed by atoms with van der Waals surface area (Å²) in [6.07, 6.45) is 5.73. The van der Waals surface area contributed by atoms with Gasteiger partial charge in [-0.3, -0.25) is 4.90 Å². The number of hydrogen-bond acceptors (Lipinski definition) is 8. The van der Waals surface area contributed by atoms with Gasteiger partial charge in [-0.25, -0.2) is 14.8 Å². The van der Waals surface area contributed by atoms with E-state index in [0.717, 1.165) is 71.6 Å². The number of benzene rings is 2. The molecule has 2 aliphatic heterocycles. The Morgan fingerprint density at radius 2 is 2.04 bits per heavy atom. The average Bonchev–Trinajstić information content (AvgIpc) is 3.63. The highest BCUT2D eigenvalue weighted by atomic mass is 16.5. The molecule has 0 radical (unpaired) electrons. The van der Waals surface area contributed by atoms with E-state index < -0.39 is 11.6 Å². The van der Waals surface area contributed by atoms with Crippen LogP contribution in [-0.2, 0) is 23.4 Å². The van der Waals surface area contributed by atoms with Crippen LogP contribution in [-0.4, -0.2) is 56.3 Å². The van der Waals surface area contributed by atoms with Crippen LogP contribution in [0.15, 0.2) is 71.4 Å². The first-order valence-corrected chi connectivity index (χ1v) is 15.1. The number of nitriles is 1. The predicted molar refractivity (Wildman–Crippen MR) is 168 cm³/mol. The summed E-state index contributed by atoms with van der Waals surface area (Å²) in [7, 11) is 0. The fourth-order valence-corrected chi connectivity index (χ4v) is 6.15. The van der Waals surface area contributed by atoms with Crippen molar-refractivity contribution in [2.75, 3.05) is 19.7 Å². The van der Waals surface area contributed by atoms with Crippen molar-refractivity contribution in [3.05, 3.63) is 95.1 Å². The van der Waals surface area contributed by atoms with Crippen molar-refractivity contribution in [3.8, 4) is 11.9 Å². The minimum atomic E-state index is -0.949. The molecule has 0 amide bonds. The number of ether oxygens (including phenoxy) is 2. The summed E-state index contributed by atoms with van der Waals surface area (Å²) in [5.41, 5.74) is 5.19. The zero-order valence-electron chi connectivity index (χ0n) is 25.2. The predicted octanol–water partition coefficient (Wildman–Crippen LogP) is 6.14. The largest absolute Gasteiger partial charge is 0.478 e. The minimum absolute atomic E-state index is 0.120. The molecule has 10 nitrogen and oxygen atoms in total. The van der Waals surface area contributed by atoms with Gasteiger partial charge in [0.25, 0.3) is 0 Å². The molecule has 1 fully saturated rings. The maximum absolute atomic E-state index is 11.6. The van der Waals surface area contributed by atoms with Crippen LogP contribution in [0.3, 0.4) is 0 Å². The van der Waals surface area contributed by atoms with E-state index in [-0.39, 0.29) is 11.7 Å². The van der Waals surface area contributed by atoms with Crippen molar-refractivity contribution < 1.29 is 23.8 Å². The van der Waals surface area contributed by atoms with Crippen molar-refractivity contribution in [2.24, 2.45) is 0 Å². The quantitative estimate of drug-likeness (QED) is 0.211. The van der Waals surface area contributed by atoms with E-state index in [1.807, 2.05) is 38.1 Å². The number of furan rings is 1. The first-order valence-electron chi connectivity index (χ1n) is 15.1. The van der Waals surface area contributed by atoms with E-state index in [1.54, 1.807) is 36.6 Å². The van der Waals surface area contributed by atoms with Gasteiger partial charge in [0.1, 0.15) is 17.0 Å². The van der Waals surface area contributed by atoms with Gasteiger partial charge in [0.15, 0.2) is 0 Å². The van der Waals surface area contributed by atoms with Gasteiger partial charge in [-0.15, -0.1) is 0 Å². The highest BCUT2D eigenvalue weighted by Crippen LogP contribution is 2.35. The Bertz CT molecular complexity index is 1990. The molecule has 228 valence electrons. The second-order valence-electron chi connectivity index (χ2n) is 12.1. The molecular weight excluding hydrogens is 570 g/mol. The molecule has 45 heavy (non-hydrogen) atoms. The zero-order valence-corrected chi connectivity index (χ0v) is 25.2. The number of hydrogen-bond donors (Lipinski definition) is 1. The van der Waals surface area contributed by atoms with Crippen molar-refractivity contribution in [2.45, 2.75) is 51.5 Å². The second-order valence-corrected chi connectivity index (χ2v) is 12.1. The van der Waals surface area contributed by atoms with Crippen LogP contribution >= 0.6 is 0 Å². The van der Waals surface area contributed by atoms with Crippen molar-refractivity contribution in [1.82, 2.24) is 19.4 Å². The lowest BCUT2D eigenvalue weighted by Crippen LogP contribution is -2.33. The maximum Gasteiger partial charge on any atom is 0.335 e. The third kappa shape index (κ3) is 5.57. The molecule has 0 unspecified atom stereocenters. The van der Waals surface area contributed by atoms with Crippen LogP contribution in [0.1, 0.15) is 59.7 Å². The van der Waals surface area contributed by atoms with E-state index in [0.29, 0.717) is 30.1 Å². The molecule has 3 aromatic heterocycles. The number of pyridine rings is 1. The first kappa shape index (κ1) is 28.8. The number of carboxylic acids is 1. The van der Waals surface area contributed by atoms with Gasteiger partial charge in [-0.2, -0.15) is 5.26 Å². The fourth-order valence-electron chi connectivity index (χ4n) is 6.15. The molecule has 10 heteroatoms. The Hall–Kier alpha value is -4.98. The third-order valence-electron chi connectivity index (χ3n) is 8.71. The molecule has 7 rings (SSSR count). The molecule has 1 atom stereocenters. The van der Waals surface area contributed by atoms with Crippen LogP contribution in [0, 0.1) is 11.3 Å². The van der Waals surface area contributed by atoms with E-state index >= 15 is 0 Å². The topological polar surface area (TPSA) is 127 Å². The zero-order chi connectivity index (χ0) is 31.1. The molecule has 2 aliphatic rings. The van der Waals surface area contributed by atoms with Gasteiger partial charge in [-0.1, -0.05) is 12.1 Å². The van der Waals surface area contributed by atoms with Gasteiger partial charge >= 0.3 is 5.97 Å². The first-order chi connectivity index (χ1) is 21.8. The van der Waals surface area contributed by atoms with Crippen molar-refractivity contribution >= 4 is 33.5 Å². The number of nitrogens with zero attached hydrogens (tertiary/aromatic N) is 5. The number of imidazole rings is 1. The molecular formula is C35H33N5O5. The average molecular weight is 604 g/mol. The number of carbonyl (C=O) groups is 1. The SMILES string of the molecule is CC(C)(Oc1cccc(C2=CCN(Cc3nc4ccc(C(=O)O)cc4n3C[C@@H]3CCO3)CC2)n1)c1ccc(C#N)c2ccoc12. The smallest absolute Gasteiger partial charge is 0.335 e. The van der Waals surface area contributed by atoms with Crippen molar-refractivity contribution in [1.29, 1.82) is 5.26 Å². The molecule has 5 heterocycles. The lowest BCUT2D eigenvalue weighted by atomic mass is 9.94. The van der Waals surface area contributed by atoms with Crippen LogP contribution < -0.4 is 4.74 Å². The third-order valence-corrected chi connectivity index (χ3v) is 8.71. The minimum Gasteiger partial charge on any atom is -0.478 e. The molecule has 0 saturated carbocycles. The van der Waals surface area contributed by atoms with Crippen LogP contribution in [0.25, 0.3) is 27.6 Å². The maximum atomic E-state index is 11.6. The van der Waals surface area contributed by atoms with E-state index in [9.17, 15) is 15.2 Å². The Balaban J connectivity index is 1.08. The van der Waals surface area contributed by atoms with E-state index in [1.165, 1.54) is 0 Å². The molecule has 1 N–H and O–H groups in total. The number of carboxylic acid groups (broad SMARTS) is 1. The summed E-state index contributed by atoms with van der Waals surface area (Å²) >= 11 is 0. The van der Waals surface area contributed by atoms with Crippen LogP contribution in [0.5, 0.6) is 5.88 Å². The second kappa shape index (κ2) is 11.5. The Morgan fingerprint density at radius 3 is 2.78 bits per heavy atom. The number of rotatable bonds is 9. The van der Waals surface area contributed by atoms with Crippen LogP contribution in [0.4, 0.5) is 0 Å². The summed E-state index contributed by atoms with van der Waals surface area (Å²) in [5, 5.41) is 19.8.